The topological polar surface area (TPSA) is 37.3 Å². The van der Waals surface area contributed by atoms with Crippen LogP contribution in [-0.4, -0.2) is 29.3 Å². The summed E-state index contributed by atoms with van der Waals surface area (Å²) in [6.07, 6.45) is -8.17. The molecule has 2 aromatic carbocycles. The van der Waals surface area contributed by atoms with Gasteiger partial charge < -0.3 is 5.11 Å². The molecule has 150 valence electrons. The molecule has 0 fully saturated rings. The van der Waals surface area contributed by atoms with E-state index in [0.717, 1.165) is 12.2 Å². The summed E-state index contributed by atoms with van der Waals surface area (Å²) in [6.45, 7) is 0. The first-order valence-corrected chi connectivity index (χ1v) is 7.82. The molecule has 0 saturated carbocycles. The second kappa shape index (κ2) is 10.5. The largest absolute Gasteiger partial charge is 0.454 e. The number of hydrogen-bond acceptors (Lipinski definition) is 2. The van der Waals surface area contributed by atoms with Crippen LogP contribution in [0.15, 0.2) is 72.8 Å². The van der Waals surface area contributed by atoms with Crippen LogP contribution in [0.3, 0.4) is 0 Å². The van der Waals surface area contributed by atoms with Crippen molar-refractivity contribution >= 4 is 17.9 Å². The lowest BCUT2D eigenvalue weighted by atomic mass is 10.2. The van der Waals surface area contributed by atoms with Gasteiger partial charge in [0.15, 0.2) is 6.10 Å². The van der Waals surface area contributed by atoms with Crippen molar-refractivity contribution in [3.8, 4) is 0 Å². The Morgan fingerprint density at radius 1 is 0.786 bits per heavy atom. The number of halogens is 6. The van der Waals surface area contributed by atoms with E-state index in [1.807, 2.05) is 0 Å². The van der Waals surface area contributed by atoms with Crippen molar-refractivity contribution in [1.82, 2.24) is 0 Å². The van der Waals surface area contributed by atoms with Gasteiger partial charge in [0.25, 0.3) is 5.78 Å². The highest BCUT2D eigenvalue weighted by Crippen LogP contribution is 2.21. The van der Waals surface area contributed by atoms with Crippen molar-refractivity contribution in [2.75, 3.05) is 0 Å². The van der Waals surface area contributed by atoms with Crippen LogP contribution < -0.4 is 0 Å². The number of aliphatic hydroxyl groups excluding tert-OH is 1. The minimum Gasteiger partial charge on any atom is -0.380 e. The van der Waals surface area contributed by atoms with Gasteiger partial charge in [0.05, 0.1) is 0 Å². The zero-order chi connectivity index (χ0) is 21.2. The lowest BCUT2D eigenvalue weighted by Crippen LogP contribution is -2.25. The van der Waals surface area contributed by atoms with E-state index in [4.69, 9.17) is 5.11 Å². The normalized spacial score (nSPS) is 13.2. The van der Waals surface area contributed by atoms with Gasteiger partial charge in [-0.15, -0.1) is 0 Å². The molecule has 0 aliphatic heterocycles. The van der Waals surface area contributed by atoms with Crippen LogP contribution in [0, 0.1) is 0 Å². The maximum Gasteiger partial charge on any atom is 0.454 e. The van der Waals surface area contributed by atoms with Crippen molar-refractivity contribution in [1.29, 1.82) is 0 Å². The molecule has 8 heteroatoms. The average Bonchev–Trinajstić information content (AvgIpc) is 2.64. The Balaban J connectivity index is 0.000000280. The predicted molar refractivity (Wildman–Crippen MR) is 94.1 cm³/mol. The Bertz CT molecular complexity index is 778. The van der Waals surface area contributed by atoms with E-state index in [-0.39, 0.29) is 0 Å². The SMILES string of the molecule is O=C(/C=C/c1ccccc1)C(F)(F)F.OC(/C=C/c1ccccc1)C(F)(F)F. The number of alkyl halides is 6. The van der Waals surface area contributed by atoms with E-state index in [0.29, 0.717) is 17.2 Å². The number of aliphatic hydroxyl groups is 1. The molecule has 0 saturated heterocycles. The molecule has 0 amide bonds. The third-order valence-electron chi connectivity index (χ3n) is 3.11. The zero-order valence-electron chi connectivity index (χ0n) is 14.3. The molecule has 1 unspecified atom stereocenters. The molecule has 0 bridgehead atoms. The number of carbonyl (C=O) groups is 1. The van der Waals surface area contributed by atoms with E-state index in [2.05, 4.69) is 0 Å². The highest BCUT2D eigenvalue weighted by molar-refractivity contribution is 5.97. The lowest BCUT2D eigenvalue weighted by Gasteiger charge is -2.09. The highest BCUT2D eigenvalue weighted by atomic mass is 19.4. The molecule has 28 heavy (non-hydrogen) atoms. The summed E-state index contributed by atoms with van der Waals surface area (Å²) < 4.78 is 70.8. The van der Waals surface area contributed by atoms with Crippen molar-refractivity contribution < 1.29 is 36.2 Å². The molecular weight excluding hydrogens is 386 g/mol. The van der Waals surface area contributed by atoms with Gasteiger partial charge in [0, 0.05) is 0 Å². The van der Waals surface area contributed by atoms with Gasteiger partial charge in [0.2, 0.25) is 0 Å². The molecule has 1 N–H and O–H groups in total. The number of carbonyl (C=O) groups excluding carboxylic acids is 1. The summed E-state index contributed by atoms with van der Waals surface area (Å²) in [7, 11) is 0. The minimum atomic E-state index is -4.79. The van der Waals surface area contributed by atoms with Gasteiger partial charge in [-0.05, 0) is 23.3 Å². The van der Waals surface area contributed by atoms with Crippen molar-refractivity contribution in [2.45, 2.75) is 18.5 Å². The van der Waals surface area contributed by atoms with Crippen molar-refractivity contribution in [3.63, 3.8) is 0 Å². The summed E-state index contributed by atoms with van der Waals surface area (Å²) in [5.74, 6) is -1.85. The van der Waals surface area contributed by atoms with E-state index < -0.39 is 24.2 Å². The van der Waals surface area contributed by atoms with Gasteiger partial charge >= 0.3 is 12.4 Å². The van der Waals surface area contributed by atoms with Crippen molar-refractivity contribution in [3.05, 3.63) is 83.9 Å². The van der Waals surface area contributed by atoms with E-state index in [1.54, 1.807) is 60.7 Å². The van der Waals surface area contributed by atoms with Gasteiger partial charge in [0.1, 0.15) is 0 Å². The standard InChI is InChI=1S/C10H9F3O.C10H7F3O/c2*11-10(12,13)9(14)7-6-8-4-2-1-3-5-8/h1-7,9,14H;1-7H/b2*7-6+. The van der Waals surface area contributed by atoms with E-state index in [1.165, 1.54) is 6.08 Å². The zero-order valence-corrected chi connectivity index (χ0v) is 14.3. The van der Waals surface area contributed by atoms with Crippen molar-refractivity contribution in [2.24, 2.45) is 0 Å². The van der Waals surface area contributed by atoms with Gasteiger partial charge in [-0.1, -0.05) is 72.8 Å². The maximum absolute atomic E-state index is 11.9. The summed E-state index contributed by atoms with van der Waals surface area (Å²) in [4.78, 5) is 10.4. The Labute approximate surface area is 157 Å². The number of ketones is 1. The van der Waals surface area contributed by atoms with Crippen LogP contribution in [0.5, 0.6) is 0 Å². The van der Waals surface area contributed by atoms with E-state index in [9.17, 15) is 31.1 Å². The molecule has 0 spiro atoms. The summed E-state index contributed by atoms with van der Waals surface area (Å²) >= 11 is 0. The molecular formula is C20H16F6O2. The van der Waals surface area contributed by atoms with Gasteiger partial charge in [-0.25, -0.2) is 0 Å². The van der Waals surface area contributed by atoms with Gasteiger partial charge in [-0.2, -0.15) is 26.3 Å². The lowest BCUT2D eigenvalue weighted by molar-refractivity contribution is -0.187. The first-order chi connectivity index (χ1) is 13.0. The Kier molecular flexibility index (Phi) is 8.66. The van der Waals surface area contributed by atoms with Crippen LogP contribution in [0.25, 0.3) is 12.2 Å². The summed E-state index contributed by atoms with van der Waals surface area (Å²) in [6, 6.07) is 16.8. The quantitative estimate of drug-likeness (QED) is 0.545. The number of hydrogen-bond donors (Lipinski definition) is 1. The molecule has 2 nitrogen and oxygen atoms in total. The van der Waals surface area contributed by atoms with Crippen LogP contribution in [0.1, 0.15) is 11.1 Å². The summed E-state index contributed by atoms with van der Waals surface area (Å²) in [5.41, 5.74) is 1.18. The van der Waals surface area contributed by atoms with Gasteiger partial charge in [-0.3, -0.25) is 4.79 Å². The Hall–Kier alpha value is -2.87. The smallest absolute Gasteiger partial charge is 0.380 e. The molecule has 0 radical (unpaired) electrons. The minimum absolute atomic E-state index is 0.523. The maximum atomic E-state index is 11.9. The third-order valence-corrected chi connectivity index (χ3v) is 3.11. The monoisotopic (exact) mass is 402 g/mol. The highest BCUT2D eigenvalue weighted by Gasteiger charge is 2.36. The molecule has 0 aromatic heterocycles. The molecule has 0 aliphatic carbocycles. The van der Waals surface area contributed by atoms with Crippen LogP contribution in [-0.2, 0) is 4.79 Å². The molecule has 1 atom stereocenters. The second-order valence-corrected chi connectivity index (χ2v) is 5.36. The molecule has 2 aromatic rings. The first kappa shape index (κ1) is 23.2. The number of benzene rings is 2. The number of allylic oxidation sites excluding steroid dienone is 1. The molecule has 0 heterocycles. The molecule has 2 rings (SSSR count). The predicted octanol–water partition coefficient (Wildman–Crippen LogP) is 5.45. The third kappa shape index (κ3) is 9.18. The Morgan fingerprint density at radius 2 is 1.21 bits per heavy atom. The average molecular weight is 402 g/mol. The van der Waals surface area contributed by atoms with Crippen LogP contribution in [0.4, 0.5) is 26.3 Å². The van der Waals surface area contributed by atoms with Crippen LogP contribution >= 0.6 is 0 Å². The second-order valence-electron chi connectivity index (χ2n) is 5.36. The number of rotatable bonds is 4. The first-order valence-electron chi connectivity index (χ1n) is 7.82. The molecule has 0 aliphatic rings. The van der Waals surface area contributed by atoms with Crippen LogP contribution in [0.2, 0.25) is 0 Å². The fourth-order valence-electron chi connectivity index (χ4n) is 1.71. The fourth-order valence-corrected chi connectivity index (χ4v) is 1.71. The van der Waals surface area contributed by atoms with E-state index >= 15 is 0 Å². The Morgan fingerprint density at radius 3 is 1.61 bits per heavy atom. The fraction of sp³-hybridized carbons (Fsp3) is 0.150. The summed E-state index contributed by atoms with van der Waals surface area (Å²) in [5, 5.41) is 8.64.